The van der Waals surface area contributed by atoms with E-state index in [1.165, 1.54) is 38.5 Å². The van der Waals surface area contributed by atoms with Gasteiger partial charge in [0.15, 0.2) is 11.6 Å². The summed E-state index contributed by atoms with van der Waals surface area (Å²) >= 11 is 0. The van der Waals surface area contributed by atoms with Gasteiger partial charge in [-0.2, -0.15) is 10.1 Å². The molecule has 1 saturated carbocycles. The maximum absolute atomic E-state index is 11.1. The Hall–Kier alpha value is -3.83. The number of aromatic amines is 1. The molecular formula is C24H33N9O3. The molecule has 3 N–H and O–H groups in total. The number of rotatable bonds is 6. The van der Waals surface area contributed by atoms with Crippen molar-refractivity contribution in [3.05, 3.63) is 30.1 Å². The smallest absolute Gasteiger partial charge is 0.409 e. The summed E-state index contributed by atoms with van der Waals surface area (Å²) in [5.41, 5.74) is 2.18. The molecule has 36 heavy (non-hydrogen) atoms. The van der Waals surface area contributed by atoms with Crippen LogP contribution in [0.1, 0.15) is 50.1 Å². The van der Waals surface area contributed by atoms with Gasteiger partial charge in [0.2, 0.25) is 12.4 Å². The first kappa shape index (κ1) is 23.9. The summed E-state index contributed by atoms with van der Waals surface area (Å²) in [4.78, 5) is 29.9. The van der Waals surface area contributed by atoms with Crippen LogP contribution in [-0.4, -0.2) is 81.5 Å². The maximum Gasteiger partial charge on any atom is 0.409 e. The number of hydrogen-bond acceptors (Lipinski definition) is 8. The van der Waals surface area contributed by atoms with E-state index in [9.17, 15) is 9.59 Å². The lowest BCUT2D eigenvalue weighted by Gasteiger charge is -2.31. The number of H-pyrrole nitrogens is 1. The summed E-state index contributed by atoms with van der Waals surface area (Å²) in [6.07, 6.45) is 9.08. The van der Waals surface area contributed by atoms with Crippen molar-refractivity contribution < 1.29 is 14.3 Å². The molecule has 2 amide bonds. The Kier molecular flexibility index (Phi) is 7.19. The number of ether oxygens (including phenoxy) is 1. The number of nitrogens with zero attached hydrogens (tertiary/aromatic N) is 6. The number of carbonyl (C=O) groups is 2. The maximum atomic E-state index is 11.1. The number of anilines is 3. The molecule has 3 aromatic heterocycles. The SMILES string of the molecule is COC(=O)N1CCC[C@@H](NC=O)C1.c1cc2c(Nc3cc(C4CC4)[nH]n3)nc(N3CCCC3)nn2c1. The van der Waals surface area contributed by atoms with Gasteiger partial charge in [-0.25, -0.2) is 9.31 Å². The number of carbonyl (C=O) groups excluding carboxylic acids is 2. The molecule has 0 radical (unpaired) electrons. The Balaban J connectivity index is 0.000000176. The Morgan fingerprint density at radius 3 is 2.78 bits per heavy atom. The second-order valence-electron chi connectivity index (χ2n) is 9.44. The molecule has 1 aliphatic carbocycles. The minimum Gasteiger partial charge on any atom is -0.453 e. The van der Waals surface area contributed by atoms with Crippen molar-refractivity contribution in [2.75, 3.05) is 43.5 Å². The highest BCUT2D eigenvalue weighted by atomic mass is 16.5. The lowest BCUT2D eigenvalue weighted by molar-refractivity contribution is -0.110. The van der Waals surface area contributed by atoms with Crippen LogP contribution >= 0.6 is 0 Å². The summed E-state index contributed by atoms with van der Waals surface area (Å²) in [5.74, 6) is 3.07. The molecule has 0 aromatic carbocycles. The van der Waals surface area contributed by atoms with E-state index in [1.54, 1.807) is 4.90 Å². The van der Waals surface area contributed by atoms with Crippen LogP contribution in [0.3, 0.4) is 0 Å². The van der Waals surface area contributed by atoms with Crippen LogP contribution in [0.4, 0.5) is 22.4 Å². The van der Waals surface area contributed by atoms with Crippen LogP contribution in [0.15, 0.2) is 24.4 Å². The molecule has 0 bridgehead atoms. The molecular weight excluding hydrogens is 462 g/mol. The fourth-order valence-corrected chi connectivity index (χ4v) is 4.70. The van der Waals surface area contributed by atoms with Gasteiger partial charge in [0, 0.05) is 56.1 Å². The fourth-order valence-electron chi connectivity index (χ4n) is 4.70. The van der Waals surface area contributed by atoms with Gasteiger partial charge >= 0.3 is 6.09 Å². The first-order chi connectivity index (χ1) is 17.6. The first-order valence-electron chi connectivity index (χ1n) is 12.6. The Labute approximate surface area is 209 Å². The van der Waals surface area contributed by atoms with Crippen molar-refractivity contribution in [3.63, 3.8) is 0 Å². The van der Waals surface area contributed by atoms with Crippen molar-refractivity contribution in [1.29, 1.82) is 0 Å². The lowest BCUT2D eigenvalue weighted by atomic mass is 10.1. The first-order valence-corrected chi connectivity index (χ1v) is 12.6. The summed E-state index contributed by atoms with van der Waals surface area (Å²) in [6.45, 7) is 3.32. The minimum atomic E-state index is -0.322. The molecule has 2 aliphatic heterocycles. The zero-order chi connectivity index (χ0) is 24.9. The highest BCUT2D eigenvalue weighted by molar-refractivity contribution is 5.73. The predicted octanol–water partition coefficient (Wildman–Crippen LogP) is 2.64. The number of methoxy groups -OCH3 is 1. The minimum absolute atomic E-state index is 0.0744. The van der Waals surface area contributed by atoms with E-state index in [1.807, 2.05) is 22.8 Å². The number of piperidine rings is 1. The van der Waals surface area contributed by atoms with Gasteiger partial charge in [-0.15, -0.1) is 5.10 Å². The molecule has 1 atom stereocenters. The second-order valence-corrected chi connectivity index (χ2v) is 9.44. The average molecular weight is 496 g/mol. The van der Waals surface area contributed by atoms with Gasteiger partial charge in [-0.3, -0.25) is 9.89 Å². The van der Waals surface area contributed by atoms with E-state index in [2.05, 4.69) is 41.6 Å². The van der Waals surface area contributed by atoms with Crippen molar-refractivity contribution in [3.8, 4) is 0 Å². The topological polar surface area (TPSA) is 133 Å². The van der Waals surface area contributed by atoms with Crippen LogP contribution in [-0.2, 0) is 9.53 Å². The van der Waals surface area contributed by atoms with E-state index in [0.29, 0.717) is 25.4 Å². The standard InChI is InChI=1S/C16H19N7.C8H14N2O3/c1-2-8-22(7-1)16-18-15(13-4-3-9-23(13)21-16)17-14-10-12(19-20-14)11-5-6-11;1-13-8(12)10-4-2-3-7(5-10)9-6-11/h3-4,9-11H,1-2,5-8H2,(H2,17,18,19,20,21);6-7H,2-5H2,1H3,(H,9,11)/t;7-/m.1/s1. The fraction of sp³-hybridized carbons (Fsp3) is 0.542. The number of amides is 2. The van der Waals surface area contributed by atoms with Crippen LogP contribution in [0.5, 0.6) is 0 Å². The lowest BCUT2D eigenvalue weighted by Crippen LogP contribution is -2.47. The van der Waals surface area contributed by atoms with E-state index in [4.69, 9.17) is 4.98 Å². The zero-order valence-corrected chi connectivity index (χ0v) is 20.5. The van der Waals surface area contributed by atoms with Gasteiger partial charge in [0.05, 0.1) is 7.11 Å². The Bertz CT molecular complexity index is 1180. The molecule has 12 heteroatoms. The molecule has 3 fully saturated rings. The molecule has 3 aliphatic rings. The van der Waals surface area contributed by atoms with Gasteiger partial charge < -0.3 is 25.2 Å². The third kappa shape index (κ3) is 5.52. The molecule has 3 aromatic rings. The Morgan fingerprint density at radius 1 is 1.19 bits per heavy atom. The monoisotopic (exact) mass is 495 g/mol. The molecule has 0 unspecified atom stereocenters. The third-order valence-corrected chi connectivity index (χ3v) is 6.79. The number of likely N-dealkylation sites (tertiary alicyclic amines) is 1. The Morgan fingerprint density at radius 2 is 2.03 bits per heavy atom. The molecule has 2 saturated heterocycles. The van der Waals surface area contributed by atoms with E-state index in [0.717, 1.165) is 49.0 Å². The second kappa shape index (κ2) is 10.8. The highest BCUT2D eigenvalue weighted by Gasteiger charge is 2.26. The van der Waals surface area contributed by atoms with Crippen molar-refractivity contribution >= 4 is 35.6 Å². The van der Waals surface area contributed by atoms with Crippen LogP contribution in [0.25, 0.3) is 5.52 Å². The van der Waals surface area contributed by atoms with Gasteiger partial charge in [-0.05, 0) is 50.7 Å². The van der Waals surface area contributed by atoms with Gasteiger partial charge in [0.1, 0.15) is 5.52 Å². The number of aromatic nitrogens is 5. The third-order valence-electron chi connectivity index (χ3n) is 6.79. The van der Waals surface area contributed by atoms with Crippen molar-refractivity contribution in [2.24, 2.45) is 0 Å². The normalized spacial score (nSPS) is 19.5. The largest absolute Gasteiger partial charge is 0.453 e. The number of hydrogen-bond donors (Lipinski definition) is 3. The summed E-state index contributed by atoms with van der Waals surface area (Å²) in [7, 11) is 1.36. The number of nitrogens with one attached hydrogen (secondary N) is 3. The van der Waals surface area contributed by atoms with E-state index in [-0.39, 0.29) is 12.1 Å². The summed E-state index contributed by atoms with van der Waals surface area (Å²) in [5, 5.41) is 18.1. The molecule has 6 rings (SSSR count). The molecule has 0 spiro atoms. The van der Waals surface area contributed by atoms with Crippen LogP contribution < -0.4 is 15.5 Å². The van der Waals surface area contributed by atoms with Gasteiger partial charge in [0.25, 0.3) is 0 Å². The van der Waals surface area contributed by atoms with Crippen LogP contribution in [0.2, 0.25) is 0 Å². The quantitative estimate of drug-likeness (QED) is 0.445. The molecule has 5 heterocycles. The van der Waals surface area contributed by atoms with E-state index < -0.39 is 0 Å². The average Bonchev–Trinajstić information content (AvgIpc) is 3.29. The molecule has 192 valence electrons. The highest BCUT2D eigenvalue weighted by Crippen LogP contribution is 2.39. The zero-order valence-electron chi connectivity index (χ0n) is 20.5. The predicted molar refractivity (Wildman–Crippen MR) is 134 cm³/mol. The summed E-state index contributed by atoms with van der Waals surface area (Å²) < 4.78 is 6.47. The molecule has 12 nitrogen and oxygen atoms in total. The van der Waals surface area contributed by atoms with Crippen molar-refractivity contribution in [1.82, 2.24) is 35.0 Å². The van der Waals surface area contributed by atoms with Gasteiger partial charge in [-0.1, -0.05) is 0 Å². The summed E-state index contributed by atoms with van der Waals surface area (Å²) in [6, 6.07) is 6.17. The van der Waals surface area contributed by atoms with Crippen molar-refractivity contribution in [2.45, 2.75) is 50.5 Å². The number of fused-ring (bicyclic) bond motifs is 1. The van der Waals surface area contributed by atoms with E-state index >= 15 is 0 Å². The van der Waals surface area contributed by atoms with Crippen LogP contribution in [0, 0.1) is 0 Å².